The van der Waals surface area contributed by atoms with E-state index in [2.05, 4.69) is 5.10 Å². The van der Waals surface area contributed by atoms with Gasteiger partial charge in [0, 0.05) is 12.5 Å². The van der Waals surface area contributed by atoms with Gasteiger partial charge in [-0.1, -0.05) is 24.3 Å². The lowest BCUT2D eigenvalue weighted by atomic mass is 10.1. The summed E-state index contributed by atoms with van der Waals surface area (Å²) < 4.78 is 6.82. The van der Waals surface area contributed by atoms with E-state index in [9.17, 15) is 4.79 Å². The predicted octanol–water partition coefficient (Wildman–Crippen LogP) is 2.93. The second kappa shape index (κ2) is 4.95. The molecule has 0 bridgehead atoms. The third kappa shape index (κ3) is 2.07. The molecule has 0 spiro atoms. The Hall–Kier alpha value is -1.98. The zero-order valence-electron chi connectivity index (χ0n) is 10.4. The van der Waals surface area contributed by atoms with Crippen LogP contribution in [-0.2, 0) is 11.5 Å². The number of carbonyl (C=O) groups excluding carboxylic acids is 1. The Kier molecular flexibility index (Phi) is 3.15. The number of ether oxygens (including phenoxy) is 1. The van der Waals surface area contributed by atoms with Crippen molar-refractivity contribution in [2.24, 2.45) is 0 Å². The minimum absolute atomic E-state index is 0.0407. The lowest BCUT2D eigenvalue weighted by molar-refractivity contribution is 0.103. The van der Waals surface area contributed by atoms with Gasteiger partial charge in [-0.25, -0.2) is 4.68 Å². The molecule has 2 heterocycles. The van der Waals surface area contributed by atoms with Crippen LogP contribution in [0.25, 0.3) is 10.9 Å². The molecule has 0 radical (unpaired) electrons. The fourth-order valence-electron chi connectivity index (χ4n) is 2.04. The van der Waals surface area contributed by atoms with Crippen molar-refractivity contribution < 1.29 is 9.53 Å². The number of aromatic nitrogens is 2. The van der Waals surface area contributed by atoms with Gasteiger partial charge < -0.3 is 4.74 Å². The first-order chi connectivity index (χ1) is 9.31. The smallest absolute Gasteiger partial charge is 0.223 e. The molecule has 96 valence electrons. The van der Waals surface area contributed by atoms with E-state index in [1.165, 1.54) is 11.3 Å². The number of carbonyl (C=O) groups is 1. The highest BCUT2D eigenvalue weighted by molar-refractivity contribution is 7.12. The molecule has 0 aliphatic rings. The third-order valence-electron chi connectivity index (χ3n) is 2.87. The zero-order chi connectivity index (χ0) is 13.2. The lowest BCUT2D eigenvalue weighted by Gasteiger charge is -1.99. The van der Waals surface area contributed by atoms with E-state index >= 15 is 0 Å². The van der Waals surface area contributed by atoms with E-state index in [-0.39, 0.29) is 5.78 Å². The quantitative estimate of drug-likeness (QED) is 0.686. The normalized spacial score (nSPS) is 11.0. The summed E-state index contributed by atoms with van der Waals surface area (Å²) in [5.41, 5.74) is 1.39. The van der Waals surface area contributed by atoms with Crippen LogP contribution in [0.1, 0.15) is 15.4 Å². The molecule has 0 unspecified atom stereocenters. The van der Waals surface area contributed by atoms with Crippen LogP contribution in [0.5, 0.6) is 0 Å². The predicted molar refractivity (Wildman–Crippen MR) is 74.5 cm³/mol. The van der Waals surface area contributed by atoms with E-state index in [0.717, 1.165) is 10.9 Å². The van der Waals surface area contributed by atoms with Crippen LogP contribution >= 0.6 is 11.3 Å². The summed E-state index contributed by atoms with van der Waals surface area (Å²) in [6.07, 6.45) is 0. The summed E-state index contributed by atoms with van der Waals surface area (Å²) in [6, 6.07) is 11.4. The second-order valence-electron chi connectivity index (χ2n) is 4.09. The molecular weight excluding hydrogens is 260 g/mol. The fourth-order valence-corrected chi connectivity index (χ4v) is 2.70. The molecule has 0 aliphatic heterocycles. The minimum Gasteiger partial charge on any atom is -0.362 e. The second-order valence-corrected chi connectivity index (χ2v) is 5.04. The standard InChI is InChI=1S/C14H12N2O2S/c1-18-9-16-11-6-3-2-5-10(11)13(15-16)14(17)12-7-4-8-19-12/h2-8H,9H2,1H3. The number of para-hydroxylation sites is 1. The highest BCUT2D eigenvalue weighted by atomic mass is 32.1. The number of thiophene rings is 1. The zero-order valence-corrected chi connectivity index (χ0v) is 11.2. The van der Waals surface area contributed by atoms with Gasteiger partial charge in [-0.05, 0) is 17.5 Å². The number of hydrogen-bond donors (Lipinski definition) is 0. The molecule has 2 aromatic heterocycles. The molecule has 3 aromatic rings. The molecule has 0 atom stereocenters. The van der Waals surface area contributed by atoms with Gasteiger partial charge in [0.05, 0.1) is 10.4 Å². The van der Waals surface area contributed by atoms with Crippen LogP contribution in [0.4, 0.5) is 0 Å². The topological polar surface area (TPSA) is 44.1 Å². The molecule has 3 rings (SSSR count). The first-order valence-electron chi connectivity index (χ1n) is 5.84. The third-order valence-corrected chi connectivity index (χ3v) is 3.74. The molecular formula is C14H12N2O2S. The minimum atomic E-state index is -0.0407. The Morgan fingerprint density at radius 3 is 2.89 bits per heavy atom. The first-order valence-corrected chi connectivity index (χ1v) is 6.72. The summed E-state index contributed by atoms with van der Waals surface area (Å²) in [6.45, 7) is 0.332. The molecule has 5 heteroatoms. The highest BCUT2D eigenvalue weighted by Crippen LogP contribution is 2.22. The van der Waals surface area contributed by atoms with E-state index in [4.69, 9.17) is 4.74 Å². The molecule has 0 fully saturated rings. The summed E-state index contributed by atoms with van der Waals surface area (Å²) in [7, 11) is 1.61. The average Bonchev–Trinajstić information content (AvgIpc) is 3.07. The van der Waals surface area contributed by atoms with Gasteiger partial charge in [-0.15, -0.1) is 11.3 Å². The molecule has 19 heavy (non-hydrogen) atoms. The fraction of sp³-hybridized carbons (Fsp3) is 0.143. The van der Waals surface area contributed by atoms with E-state index in [1.54, 1.807) is 11.8 Å². The van der Waals surface area contributed by atoms with Crippen molar-refractivity contribution in [2.75, 3.05) is 7.11 Å². The maximum atomic E-state index is 12.4. The van der Waals surface area contributed by atoms with Gasteiger partial charge in [0.15, 0.2) is 0 Å². The van der Waals surface area contributed by atoms with Crippen molar-refractivity contribution in [3.63, 3.8) is 0 Å². The number of fused-ring (bicyclic) bond motifs is 1. The van der Waals surface area contributed by atoms with Gasteiger partial charge in [0.2, 0.25) is 5.78 Å². The maximum Gasteiger partial charge on any atom is 0.223 e. The van der Waals surface area contributed by atoms with E-state index < -0.39 is 0 Å². The Labute approximate surface area is 114 Å². The summed E-state index contributed by atoms with van der Waals surface area (Å²) in [5, 5.41) is 7.13. The number of methoxy groups -OCH3 is 1. The Morgan fingerprint density at radius 1 is 1.32 bits per heavy atom. The lowest BCUT2D eigenvalue weighted by Crippen LogP contribution is -2.05. The van der Waals surface area contributed by atoms with Crippen LogP contribution in [0.2, 0.25) is 0 Å². The van der Waals surface area contributed by atoms with Crippen molar-refractivity contribution in [2.45, 2.75) is 6.73 Å². The molecule has 0 saturated heterocycles. The van der Waals surface area contributed by atoms with Crippen molar-refractivity contribution in [3.8, 4) is 0 Å². The SMILES string of the molecule is COCn1nc(C(=O)c2cccs2)c2ccccc21. The Balaban J connectivity index is 2.16. The van der Waals surface area contributed by atoms with Crippen LogP contribution in [0, 0.1) is 0 Å². The summed E-state index contributed by atoms with van der Waals surface area (Å²) >= 11 is 1.43. The van der Waals surface area contributed by atoms with Gasteiger partial charge in [0.1, 0.15) is 12.4 Å². The molecule has 0 saturated carbocycles. The van der Waals surface area contributed by atoms with Crippen LogP contribution < -0.4 is 0 Å². The summed E-state index contributed by atoms with van der Waals surface area (Å²) in [5.74, 6) is -0.0407. The van der Waals surface area contributed by atoms with E-state index in [1.807, 2.05) is 41.8 Å². The monoisotopic (exact) mass is 272 g/mol. The molecule has 0 aliphatic carbocycles. The van der Waals surface area contributed by atoms with Crippen LogP contribution in [-0.4, -0.2) is 22.7 Å². The average molecular weight is 272 g/mol. The first kappa shape index (κ1) is 12.1. The van der Waals surface area contributed by atoms with Gasteiger partial charge in [0.25, 0.3) is 0 Å². The number of nitrogens with zero attached hydrogens (tertiary/aromatic N) is 2. The number of hydrogen-bond acceptors (Lipinski definition) is 4. The largest absolute Gasteiger partial charge is 0.362 e. The van der Waals surface area contributed by atoms with Crippen molar-refractivity contribution >= 4 is 28.0 Å². The number of rotatable bonds is 4. The molecule has 4 nitrogen and oxygen atoms in total. The van der Waals surface area contributed by atoms with Gasteiger partial charge >= 0.3 is 0 Å². The Morgan fingerprint density at radius 2 is 2.16 bits per heavy atom. The number of ketones is 1. The van der Waals surface area contributed by atoms with Gasteiger partial charge in [-0.2, -0.15) is 5.10 Å². The molecule has 0 N–H and O–H groups in total. The van der Waals surface area contributed by atoms with Crippen molar-refractivity contribution in [1.29, 1.82) is 0 Å². The van der Waals surface area contributed by atoms with Crippen molar-refractivity contribution in [1.82, 2.24) is 9.78 Å². The summed E-state index contributed by atoms with van der Waals surface area (Å²) in [4.78, 5) is 13.1. The van der Waals surface area contributed by atoms with Crippen LogP contribution in [0.3, 0.4) is 0 Å². The Bertz CT molecular complexity index is 716. The van der Waals surface area contributed by atoms with Crippen LogP contribution in [0.15, 0.2) is 41.8 Å². The van der Waals surface area contributed by atoms with E-state index in [0.29, 0.717) is 17.3 Å². The van der Waals surface area contributed by atoms with Crippen molar-refractivity contribution in [3.05, 3.63) is 52.3 Å². The maximum absolute atomic E-state index is 12.4. The molecule has 1 aromatic carbocycles. The number of benzene rings is 1. The highest BCUT2D eigenvalue weighted by Gasteiger charge is 2.18. The molecule has 0 amide bonds. The van der Waals surface area contributed by atoms with Gasteiger partial charge in [-0.3, -0.25) is 4.79 Å².